The third kappa shape index (κ3) is 23.7. The smallest absolute Gasteiger partial charge is 0.335 e. The number of carboxylic acids is 1. The van der Waals surface area contributed by atoms with E-state index in [2.05, 4.69) is 11.3 Å². The molecule has 0 aromatic heterocycles. The molecule has 0 amide bonds. The van der Waals surface area contributed by atoms with Gasteiger partial charge in [-0.05, 0) is 6.92 Å². The van der Waals surface area contributed by atoms with Crippen molar-refractivity contribution >= 4 is 11.9 Å². The lowest BCUT2D eigenvalue weighted by Crippen LogP contribution is -1.91. The summed E-state index contributed by atoms with van der Waals surface area (Å²) in [6.07, 6.45) is 4.02. The average Bonchev–Trinajstić information content (AvgIpc) is 1.87. The lowest BCUT2D eigenvalue weighted by atomic mass is 10.5. The van der Waals surface area contributed by atoms with E-state index in [1.165, 1.54) is 6.08 Å². The second kappa shape index (κ2) is 9.42. The molecule has 0 aliphatic carbocycles. The first-order valence-corrected chi connectivity index (χ1v) is 3.18. The standard InChI is InChI=1S/C6H8O2.C2H4O2/c1-3-5-6(7)8-4-2;1-2(3)4/h3-5H,2H2,1H3;1H3,(H,3,4). The molecule has 12 heavy (non-hydrogen) atoms. The van der Waals surface area contributed by atoms with E-state index in [-0.39, 0.29) is 5.97 Å². The molecule has 0 saturated carbocycles. The maximum atomic E-state index is 10.3. The summed E-state index contributed by atoms with van der Waals surface area (Å²) >= 11 is 0. The number of carboxylic acid groups (broad SMARTS) is 1. The largest absolute Gasteiger partial charge is 0.481 e. The summed E-state index contributed by atoms with van der Waals surface area (Å²) in [6, 6.07) is 0. The Morgan fingerprint density at radius 3 is 2.17 bits per heavy atom. The van der Waals surface area contributed by atoms with E-state index >= 15 is 0 Å². The van der Waals surface area contributed by atoms with Gasteiger partial charge >= 0.3 is 5.97 Å². The van der Waals surface area contributed by atoms with Crippen LogP contribution in [0.1, 0.15) is 13.8 Å². The van der Waals surface area contributed by atoms with Crippen molar-refractivity contribution in [2.24, 2.45) is 0 Å². The summed E-state index contributed by atoms with van der Waals surface area (Å²) in [5, 5.41) is 7.42. The molecule has 0 rings (SSSR count). The number of ether oxygens (including phenoxy) is 1. The van der Waals surface area contributed by atoms with Gasteiger partial charge in [0.25, 0.3) is 5.97 Å². The molecule has 0 atom stereocenters. The molecule has 0 saturated heterocycles. The van der Waals surface area contributed by atoms with Crippen molar-refractivity contribution in [3.05, 3.63) is 25.0 Å². The van der Waals surface area contributed by atoms with Crippen LogP contribution < -0.4 is 0 Å². The van der Waals surface area contributed by atoms with Gasteiger partial charge in [-0.3, -0.25) is 4.79 Å². The van der Waals surface area contributed by atoms with Crippen molar-refractivity contribution < 1.29 is 19.4 Å². The molecule has 0 heterocycles. The van der Waals surface area contributed by atoms with Crippen LogP contribution >= 0.6 is 0 Å². The Morgan fingerprint density at radius 2 is 1.92 bits per heavy atom. The molecular formula is C8H12O4. The maximum Gasteiger partial charge on any atom is 0.335 e. The van der Waals surface area contributed by atoms with E-state index in [1.807, 2.05) is 0 Å². The zero-order chi connectivity index (χ0) is 9.98. The zero-order valence-electron chi connectivity index (χ0n) is 7.11. The fourth-order valence-electron chi connectivity index (χ4n) is 0.257. The highest BCUT2D eigenvalue weighted by Crippen LogP contribution is 1.78. The van der Waals surface area contributed by atoms with Gasteiger partial charge in [0, 0.05) is 13.0 Å². The Bertz CT molecular complexity index is 177. The van der Waals surface area contributed by atoms with Crippen LogP contribution in [0.4, 0.5) is 0 Å². The van der Waals surface area contributed by atoms with Gasteiger partial charge in [-0.1, -0.05) is 12.7 Å². The summed E-state index contributed by atoms with van der Waals surface area (Å²) in [7, 11) is 0. The minimum atomic E-state index is -0.833. The average molecular weight is 172 g/mol. The summed E-state index contributed by atoms with van der Waals surface area (Å²) in [5.74, 6) is -1.22. The normalized spacial score (nSPS) is 8.17. The zero-order valence-corrected chi connectivity index (χ0v) is 7.11. The number of allylic oxidation sites excluding steroid dienone is 1. The van der Waals surface area contributed by atoms with Crippen molar-refractivity contribution in [3.8, 4) is 0 Å². The van der Waals surface area contributed by atoms with Crippen molar-refractivity contribution in [1.29, 1.82) is 0 Å². The maximum absolute atomic E-state index is 10.3. The predicted molar refractivity (Wildman–Crippen MR) is 44.4 cm³/mol. The number of hydrogen-bond acceptors (Lipinski definition) is 3. The summed E-state index contributed by atoms with van der Waals surface area (Å²) in [5.41, 5.74) is 0. The van der Waals surface area contributed by atoms with E-state index in [9.17, 15) is 4.79 Å². The second-order valence-electron chi connectivity index (χ2n) is 1.62. The van der Waals surface area contributed by atoms with Crippen LogP contribution in [0.3, 0.4) is 0 Å². The van der Waals surface area contributed by atoms with Gasteiger partial charge in [-0.15, -0.1) is 0 Å². The van der Waals surface area contributed by atoms with Gasteiger partial charge in [0.15, 0.2) is 0 Å². The van der Waals surface area contributed by atoms with E-state index in [1.54, 1.807) is 13.0 Å². The number of esters is 1. The first kappa shape index (κ1) is 13.0. The molecule has 0 fully saturated rings. The SMILES string of the molecule is C=COC(=O)C=CC.CC(=O)O. The Kier molecular flexibility index (Phi) is 10.2. The van der Waals surface area contributed by atoms with Crippen LogP contribution in [0.25, 0.3) is 0 Å². The number of aliphatic carboxylic acids is 1. The molecule has 0 spiro atoms. The van der Waals surface area contributed by atoms with Gasteiger partial charge in [0.1, 0.15) is 0 Å². The lowest BCUT2D eigenvalue weighted by Gasteiger charge is -1.86. The van der Waals surface area contributed by atoms with Crippen LogP contribution in [-0.4, -0.2) is 17.0 Å². The van der Waals surface area contributed by atoms with Gasteiger partial charge < -0.3 is 9.84 Å². The molecule has 0 aliphatic heterocycles. The van der Waals surface area contributed by atoms with Crippen LogP contribution in [0.2, 0.25) is 0 Å². The van der Waals surface area contributed by atoms with E-state index in [4.69, 9.17) is 9.90 Å². The minimum absolute atomic E-state index is 0.387. The third-order valence-corrected chi connectivity index (χ3v) is 0.502. The van der Waals surface area contributed by atoms with Gasteiger partial charge in [-0.25, -0.2) is 4.79 Å². The number of carbonyl (C=O) groups excluding carboxylic acids is 1. The Morgan fingerprint density at radius 1 is 1.50 bits per heavy atom. The van der Waals surface area contributed by atoms with Crippen molar-refractivity contribution in [2.75, 3.05) is 0 Å². The van der Waals surface area contributed by atoms with Crippen LogP contribution in [-0.2, 0) is 14.3 Å². The van der Waals surface area contributed by atoms with Crippen molar-refractivity contribution in [2.45, 2.75) is 13.8 Å². The monoisotopic (exact) mass is 172 g/mol. The van der Waals surface area contributed by atoms with Gasteiger partial charge in [-0.2, -0.15) is 0 Å². The van der Waals surface area contributed by atoms with Gasteiger partial charge in [0.2, 0.25) is 0 Å². The van der Waals surface area contributed by atoms with E-state index in [0.29, 0.717) is 0 Å². The fraction of sp³-hybridized carbons (Fsp3) is 0.250. The Balaban J connectivity index is 0. The Hall–Kier alpha value is -1.58. The number of carbonyl (C=O) groups is 2. The number of hydrogen-bond donors (Lipinski definition) is 1. The fourth-order valence-corrected chi connectivity index (χ4v) is 0.257. The molecule has 0 aromatic rings. The van der Waals surface area contributed by atoms with Crippen molar-refractivity contribution in [1.82, 2.24) is 0 Å². The second-order valence-corrected chi connectivity index (χ2v) is 1.62. The quantitative estimate of drug-likeness (QED) is 0.388. The topological polar surface area (TPSA) is 63.6 Å². The minimum Gasteiger partial charge on any atom is -0.481 e. The Labute approximate surface area is 71.2 Å². The molecule has 0 unspecified atom stereocenters. The van der Waals surface area contributed by atoms with E-state index < -0.39 is 5.97 Å². The highest BCUT2D eigenvalue weighted by atomic mass is 16.5. The molecule has 4 heteroatoms. The summed E-state index contributed by atoms with van der Waals surface area (Å²) in [4.78, 5) is 19.3. The molecule has 0 aromatic carbocycles. The molecule has 0 aliphatic rings. The molecule has 68 valence electrons. The predicted octanol–water partition coefficient (Wildman–Crippen LogP) is 1.34. The lowest BCUT2D eigenvalue weighted by molar-refractivity contribution is -0.134. The summed E-state index contributed by atoms with van der Waals surface area (Å²) in [6.45, 7) is 6.03. The molecular weight excluding hydrogens is 160 g/mol. The molecule has 1 N–H and O–H groups in total. The van der Waals surface area contributed by atoms with Crippen LogP contribution in [0.15, 0.2) is 25.0 Å². The molecule has 0 bridgehead atoms. The van der Waals surface area contributed by atoms with Gasteiger partial charge in [0.05, 0.1) is 6.26 Å². The number of rotatable bonds is 2. The van der Waals surface area contributed by atoms with Crippen molar-refractivity contribution in [3.63, 3.8) is 0 Å². The third-order valence-electron chi connectivity index (χ3n) is 0.502. The van der Waals surface area contributed by atoms with Crippen LogP contribution in [0.5, 0.6) is 0 Å². The first-order chi connectivity index (χ1) is 5.54. The van der Waals surface area contributed by atoms with Crippen LogP contribution in [0, 0.1) is 0 Å². The highest BCUT2D eigenvalue weighted by Gasteiger charge is 1.86. The highest BCUT2D eigenvalue weighted by molar-refractivity contribution is 5.82. The molecule has 0 radical (unpaired) electrons. The first-order valence-electron chi connectivity index (χ1n) is 3.18. The van der Waals surface area contributed by atoms with E-state index in [0.717, 1.165) is 13.2 Å². The summed E-state index contributed by atoms with van der Waals surface area (Å²) < 4.78 is 4.32. The molecule has 4 nitrogen and oxygen atoms in total.